The van der Waals surface area contributed by atoms with Crippen LogP contribution in [-0.2, 0) is 4.79 Å². The molecule has 1 amide bonds. The highest BCUT2D eigenvalue weighted by molar-refractivity contribution is 14.1. The molecular formula is C22H21IN2O3. The lowest BCUT2D eigenvalue weighted by Gasteiger charge is -2.10. The van der Waals surface area contributed by atoms with E-state index in [1.807, 2.05) is 78.9 Å². The Morgan fingerprint density at radius 1 is 0.750 bits per heavy atom. The minimum Gasteiger partial charge on any atom is -0.490 e. The van der Waals surface area contributed by atoms with Crippen LogP contribution in [0, 0.1) is 3.57 Å². The van der Waals surface area contributed by atoms with Gasteiger partial charge in [-0.25, -0.2) is 0 Å². The minimum absolute atomic E-state index is 0.0976. The van der Waals surface area contributed by atoms with Gasteiger partial charge in [0.15, 0.2) is 0 Å². The molecule has 0 atom stereocenters. The van der Waals surface area contributed by atoms with E-state index in [0.717, 1.165) is 26.4 Å². The van der Waals surface area contributed by atoms with Gasteiger partial charge in [-0.3, -0.25) is 4.79 Å². The number of amides is 1. The predicted molar refractivity (Wildman–Crippen MR) is 120 cm³/mol. The Balaban J connectivity index is 1.36. The Morgan fingerprint density at radius 2 is 1.32 bits per heavy atom. The van der Waals surface area contributed by atoms with E-state index in [2.05, 4.69) is 33.2 Å². The van der Waals surface area contributed by atoms with Gasteiger partial charge in [0.1, 0.15) is 24.7 Å². The van der Waals surface area contributed by atoms with Crippen molar-refractivity contribution in [1.29, 1.82) is 0 Å². The van der Waals surface area contributed by atoms with Crippen LogP contribution < -0.4 is 20.1 Å². The van der Waals surface area contributed by atoms with E-state index in [1.54, 1.807) is 0 Å². The van der Waals surface area contributed by atoms with Crippen molar-refractivity contribution in [2.45, 2.75) is 0 Å². The molecule has 3 aromatic carbocycles. The van der Waals surface area contributed by atoms with Crippen LogP contribution in [0.4, 0.5) is 11.4 Å². The van der Waals surface area contributed by atoms with Crippen molar-refractivity contribution in [3.8, 4) is 11.5 Å². The van der Waals surface area contributed by atoms with Gasteiger partial charge in [-0.1, -0.05) is 18.2 Å². The fourth-order valence-electron chi connectivity index (χ4n) is 2.43. The molecule has 0 saturated heterocycles. The van der Waals surface area contributed by atoms with Crippen molar-refractivity contribution < 1.29 is 14.3 Å². The maximum atomic E-state index is 12.0. The fourth-order valence-corrected chi connectivity index (χ4v) is 2.79. The van der Waals surface area contributed by atoms with Crippen LogP contribution in [-0.4, -0.2) is 25.7 Å². The van der Waals surface area contributed by atoms with Crippen molar-refractivity contribution in [2.24, 2.45) is 0 Å². The number of rotatable bonds is 9. The fraction of sp³-hybridized carbons (Fsp3) is 0.136. The predicted octanol–water partition coefficient (Wildman–Crippen LogP) is 4.80. The van der Waals surface area contributed by atoms with Crippen LogP contribution in [0.15, 0.2) is 78.9 Å². The molecule has 0 aliphatic rings. The molecule has 0 aliphatic carbocycles. The Kier molecular flexibility index (Phi) is 7.54. The quantitative estimate of drug-likeness (QED) is 0.336. The Bertz CT molecular complexity index is 869. The molecular weight excluding hydrogens is 467 g/mol. The van der Waals surface area contributed by atoms with E-state index in [0.29, 0.717) is 13.2 Å². The molecule has 28 heavy (non-hydrogen) atoms. The normalized spacial score (nSPS) is 10.2. The van der Waals surface area contributed by atoms with E-state index in [-0.39, 0.29) is 12.5 Å². The summed E-state index contributed by atoms with van der Waals surface area (Å²) in [5, 5.41) is 5.95. The summed E-state index contributed by atoms with van der Waals surface area (Å²) in [7, 11) is 0. The third-order valence-electron chi connectivity index (χ3n) is 3.80. The zero-order chi connectivity index (χ0) is 19.6. The lowest BCUT2D eigenvalue weighted by atomic mass is 10.3. The van der Waals surface area contributed by atoms with Crippen molar-refractivity contribution in [2.75, 3.05) is 30.4 Å². The van der Waals surface area contributed by atoms with Crippen molar-refractivity contribution in [3.63, 3.8) is 0 Å². The van der Waals surface area contributed by atoms with Crippen molar-refractivity contribution >= 4 is 39.9 Å². The van der Waals surface area contributed by atoms with Crippen molar-refractivity contribution in [1.82, 2.24) is 0 Å². The van der Waals surface area contributed by atoms with Gasteiger partial charge in [-0.2, -0.15) is 0 Å². The number of halogens is 1. The highest BCUT2D eigenvalue weighted by atomic mass is 127. The SMILES string of the molecule is O=C(CNc1ccc(OCCOc2ccccc2)cc1)Nc1ccc(I)cc1. The van der Waals surface area contributed by atoms with Crippen LogP contribution in [0.25, 0.3) is 0 Å². The largest absolute Gasteiger partial charge is 0.490 e. The first-order valence-corrected chi connectivity index (χ1v) is 9.97. The molecule has 0 heterocycles. The molecule has 0 spiro atoms. The summed E-state index contributed by atoms with van der Waals surface area (Å²) in [5.74, 6) is 1.49. The number of anilines is 2. The lowest BCUT2D eigenvalue weighted by molar-refractivity contribution is -0.114. The number of carbonyl (C=O) groups is 1. The number of hydrogen-bond acceptors (Lipinski definition) is 4. The number of nitrogens with one attached hydrogen (secondary N) is 2. The maximum Gasteiger partial charge on any atom is 0.243 e. The minimum atomic E-state index is -0.0976. The van der Waals surface area contributed by atoms with Crippen LogP contribution in [0.3, 0.4) is 0 Å². The topological polar surface area (TPSA) is 59.6 Å². The average Bonchev–Trinajstić information content (AvgIpc) is 2.73. The van der Waals surface area contributed by atoms with E-state index >= 15 is 0 Å². The lowest BCUT2D eigenvalue weighted by Crippen LogP contribution is -2.21. The monoisotopic (exact) mass is 488 g/mol. The Hall–Kier alpha value is -2.74. The van der Waals surface area contributed by atoms with Crippen LogP contribution in [0.1, 0.15) is 0 Å². The van der Waals surface area contributed by atoms with Gasteiger partial charge in [0.05, 0.1) is 6.54 Å². The molecule has 6 heteroatoms. The first-order chi connectivity index (χ1) is 13.7. The number of para-hydroxylation sites is 1. The second-order valence-corrected chi connectivity index (χ2v) is 7.19. The van der Waals surface area contributed by atoms with Crippen LogP contribution >= 0.6 is 22.6 Å². The molecule has 3 aromatic rings. The van der Waals surface area contributed by atoms with Gasteiger partial charge in [-0.05, 0) is 83.3 Å². The first kappa shape index (κ1) is 20.0. The molecule has 5 nitrogen and oxygen atoms in total. The van der Waals surface area contributed by atoms with Gasteiger partial charge < -0.3 is 20.1 Å². The molecule has 0 fully saturated rings. The zero-order valence-corrected chi connectivity index (χ0v) is 17.4. The molecule has 0 unspecified atom stereocenters. The molecule has 2 N–H and O–H groups in total. The summed E-state index contributed by atoms with van der Waals surface area (Å²) in [6.45, 7) is 1.12. The van der Waals surface area contributed by atoms with Gasteiger partial charge >= 0.3 is 0 Å². The third kappa shape index (κ3) is 6.77. The summed E-state index contributed by atoms with van der Waals surface area (Å²) < 4.78 is 12.4. The van der Waals surface area contributed by atoms with E-state index in [9.17, 15) is 4.79 Å². The summed E-state index contributed by atoms with van der Waals surface area (Å²) in [5.41, 5.74) is 1.64. The van der Waals surface area contributed by atoms with E-state index in [4.69, 9.17) is 9.47 Å². The number of carbonyl (C=O) groups excluding carboxylic acids is 1. The van der Waals surface area contributed by atoms with Gasteiger partial charge in [-0.15, -0.1) is 0 Å². The van der Waals surface area contributed by atoms with Crippen LogP contribution in [0.2, 0.25) is 0 Å². The standard InChI is InChI=1S/C22H21IN2O3/c23-17-6-8-19(9-7-17)25-22(26)16-24-18-10-12-21(13-11-18)28-15-14-27-20-4-2-1-3-5-20/h1-13,24H,14-16H2,(H,25,26). The highest BCUT2D eigenvalue weighted by Gasteiger charge is 2.03. The second kappa shape index (κ2) is 10.6. The molecule has 0 radical (unpaired) electrons. The van der Waals surface area contributed by atoms with Gasteiger partial charge in [0, 0.05) is 14.9 Å². The Morgan fingerprint density at radius 3 is 1.96 bits per heavy atom. The molecule has 0 aliphatic heterocycles. The van der Waals surface area contributed by atoms with Crippen LogP contribution in [0.5, 0.6) is 11.5 Å². The van der Waals surface area contributed by atoms with Gasteiger partial charge in [0.2, 0.25) is 5.91 Å². The average molecular weight is 488 g/mol. The molecule has 0 saturated carbocycles. The summed E-state index contributed by atoms with van der Waals surface area (Å²) in [4.78, 5) is 12.0. The molecule has 3 rings (SSSR count). The molecule has 0 bridgehead atoms. The van der Waals surface area contributed by atoms with Crippen molar-refractivity contribution in [3.05, 3.63) is 82.4 Å². The number of hydrogen-bond donors (Lipinski definition) is 2. The summed E-state index contributed by atoms with van der Waals surface area (Å²) in [6, 6.07) is 24.8. The maximum absolute atomic E-state index is 12.0. The van der Waals surface area contributed by atoms with E-state index in [1.165, 1.54) is 0 Å². The Labute approximate surface area is 178 Å². The smallest absolute Gasteiger partial charge is 0.243 e. The third-order valence-corrected chi connectivity index (χ3v) is 4.52. The molecule has 144 valence electrons. The first-order valence-electron chi connectivity index (χ1n) is 8.89. The molecule has 0 aromatic heterocycles. The van der Waals surface area contributed by atoms with E-state index < -0.39 is 0 Å². The number of ether oxygens (including phenoxy) is 2. The summed E-state index contributed by atoms with van der Waals surface area (Å²) in [6.07, 6.45) is 0. The number of benzene rings is 3. The summed E-state index contributed by atoms with van der Waals surface area (Å²) >= 11 is 2.23. The highest BCUT2D eigenvalue weighted by Crippen LogP contribution is 2.16. The van der Waals surface area contributed by atoms with Gasteiger partial charge in [0.25, 0.3) is 0 Å². The zero-order valence-electron chi connectivity index (χ0n) is 15.2. The second-order valence-electron chi connectivity index (χ2n) is 5.94.